The minimum Gasteiger partial charge on any atom is -0.423 e. The molecule has 19 heavy (non-hydrogen) atoms. The van der Waals surface area contributed by atoms with Crippen LogP contribution in [0.25, 0.3) is 0 Å². The van der Waals surface area contributed by atoms with Crippen molar-refractivity contribution in [2.75, 3.05) is 0 Å². The van der Waals surface area contributed by atoms with Crippen LogP contribution in [-0.4, -0.2) is 32.9 Å². The van der Waals surface area contributed by atoms with Crippen LogP contribution in [0.1, 0.15) is 40.5 Å². The second kappa shape index (κ2) is 7.51. The highest BCUT2D eigenvalue weighted by atomic mass is 28.4. The Morgan fingerprint density at radius 3 is 1.26 bits per heavy atom. The van der Waals surface area contributed by atoms with E-state index >= 15 is 0 Å². The third-order valence-electron chi connectivity index (χ3n) is 1.59. The van der Waals surface area contributed by atoms with E-state index in [2.05, 4.69) is 8.85 Å². The number of carbonyl (C=O) groups excluding carboxylic acids is 4. The van der Waals surface area contributed by atoms with Gasteiger partial charge in [-0.15, -0.1) is 0 Å². The Bertz CT molecular complexity index is 342. The standard InChI is InChI=1S/C10H16O8Si/c1-5-9(13)17-19(15-7(3)11,16-8(4)12)18-10(14)6-2/h5-6H2,1-4H3. The summed E-state index contributed by atoms with van der Waals surface area (Å²) in [5.74, 6) is -3.45. The van der Waals surface area contributed by atoms with Gasteiger partial charge in [0.05, 0.1) is 0 Å². The smallest absolute Gasteiger partial charge is 0.423 e. The van der Waals surface area contributed by atoms with Gasteiger partial charge in [-0.1, -0.05) is 13.8 Å². The Hall–Kier alpha value is -1.90. The Balaban J connectivity index is 5.28. The lowest BCUT2D eigenvalue weighted by Crippen LogP contribution is -2.53. The van der Waals surface area contributed by atoms with Gasteiger partial charge in [-0.3, -0.25) is 19.2 Å². The Labute approximate surface area is 111 Å². The lowest BCUT2D eigenvalue weighted by Gasteiger charge is -2.23. The molecule has 8 nitrogen and oxygen atoms in total. The zero-order valence-electron chi connectivity index (χ0n) is 11.2. The topological polar surface area (TPSA) is 105 Å². The molecule has 0 bridgehead atoms. The lowest BCUT2D eigenvalue weighted by molar-refractivity contribution is -0.161. The highest BCUT2D eigenvalue weighted by Gasteiger charge is 2.61. The minimum atomic E-state index is -4.49. The molecule has 0 atom stereocenters. The lowest BCUT2D eigenvalue weighted by atomic mass is 10.5. The molecule has 0 radical (unpaired) electrons. The van der Waals surface area contributed by atoms with Crippen LogP contribution >= 0.6 is 0 Å². The van der Waals surface area contributed by atoms with E-state index in [-0.39, 0.29) is 12.8 Å². The molecule has 0 rings (SSSR count). The maximum Gasteiger partial charge on any atom is 0.974 e. The van der Waals surface area contributed by atoms with E-state index in [9.17, 15) is 19.2 Å². The summed E-state index contributed by atoms with van der Waals surface area (Å²) in [5, 5.41) is 0. The molecule has 9 heteroatoms. The van der Waals surface area contributed by atoms with Crippen molar-refractivity contribution in [1.82, 2.24) is 0 Å². The van der Waals surface area contributed by atoms with Crippen LogP contribution in [0.15, 0.2) is 0 Å². The van der Waals surface area contributed by atoms with Crippen LogP contribution in [0.5, 0.6) is 0 Å². The molecular formula is C10H16O8Si. The molecule has 0 aromatic heterocycles. The Morgan fingerprint density at radius 2 is 1.05 bits per heavy atom. The fourth-order valence-electron chi connectivity index (χ4n) is 0.900. The molecule has 0 aromatic rings. The van der Waals surface area contributed by atoms with E-state index in [1.165, 1.54) is 13.8 Å². The predicted octanol–water partition coefficient (Wildman–Crippen LogP) is 0.455. The van der Waals surface area contributed by atoms with E-state index in [0.29, 0.717) is 0 Å². The molecule has 0 saturated carbocycles. The van der Waals surface area contributed by atoms with Gasteiger partial charge >= 0.3 is 9.05 Å². The Kier molecular flexibility index (Phi) is 6.76. The molecule has 0 spiro atoms. The fraction of sp³-hybridized carbons (Fsp3) is 0.600. The molecule has 0 unspecified atom stereocenters. The molecule has 0 saturated heterocycles. The van der Waals surface area contributed by atoms with Crippen molar-refractivity contribution in [3.05, 3.63) is 0 Å². The first-order chi connectivity index (χ1) is 8.74. The molecular weight excluding hydrogens is 276 g/mol. The van der Waals surface area contributed by atoms with Crippen LogP contribution in [0.4, 0.5) is 0 Å². The summed E-state index contributed by atoms with van der Waals surface area (Å²) in [6, 6.07) is 0. The number of hydrogen-bond donors (Lipinski definition) is 0. The number of hydrogen-bond acceptors (Lipinski definition) is 8. The van der Waals surface area contributed by atoms with Crippen LogP contribution in [0, 0.1) is 0 Å². The van der Waals surface area contributed by atoms with Gasteiger partial charge in [-0.2, -0.15) is 0 Å². The highest BCUT2D eigenvalue weighted by Crippen LogP contribution is 2.15. The average molecular weight is 292 g/mol. The number of rotatable bonds is 6. The summed E-state index contributed by atoms with van der Waals surface area (Å²) in [4.78, 5) is 44.6. The van der Waals surface area contributed by atoms with Crippen molar-refractivity contribution in [1.29, 1.82) is 0 Å². The van der Waals surface area contributed by atoms with Crippen LogP contribution in [0.3, 0.4) is 0 Å². The maximum absolute atomic E-state index is 11.3. The van der Waals surface area contributed by atoms with Crippen molar-refractivity contribution in [3.63, 3.8) is 0 Å². The SMILES string of the molecule is CCC(=O)O[Si](OC(C)=O)(OC(C)=O)OC(=O)CC. The van der Waals surface area contributed by atoms with Crippen molar-refractivity contribution < 1.29 is 36.9 Å². The highest BCUT2D eigenvalue weighted by molar-refractivity contribution is 6.60. The largest absolute Gasteiger partial charge is 0.974 e. The summed E-state index contributed by atoms with van der Waals surface area (Å²) in [6.45, 7) is 4.96. The van der Waals surface area contributed by atoms with Crippen LogP contribution < -0.4 is 0 Å². The van der Waals surface area contributed by atoms with E-state index in [1.54, 1.807) is 0 Å². The molecule has 0 aliphatic heterocycles. The molecule has 0 aliphatic carbocycles. The van der Waals surface area contributed by atoms with Gasteiger partial charge in [0.1, 0.15) is 0 Å². The first-order valence-electron chi connectivity index (χ1n) is 5.57. The first kappa shape index (κ1) is 17.1. The zero-order valence-corrected chi connectivity index (χ0v) is 12.2. The third-order valence-corrected chi connectivity index (χ3v) is 3.62. The Morgan fingerprint density at radius 1 is 0.737 bits per heavy atom. The molecule has 108 valence electrons. The van der Waals surface area contributed by atoms with Gasteiger partial charge < -0.3 is 17.7 Å². The quantitative estimate of drug-likeness (QED) is 0.650. The summed E-state index contributed by atoms with van der Waals surface area (Å²) in [5.41, 5.74) is 0. The zero-order chi connectivity index (χ0) is 15.1. The van der Waals surface area contributed by atoms with Crippen molar-refractivity contribution in [2.45, 2.75) is 40.5 Å². The predicted molar refractivity (Wildman–Crippen MR) is 62.1 cm³/mol. The van der Waals surface area contributed by atoms with Gasteiger partial charge in [0, 0.05) is 26.7 Å². The maximum atomic E-state index is 11.3. The molecule has 0 amide bonds. The average Bonchev–Trinajstić information content (AvgIpc) is 2.26. The first-order valence-corrected chi connectivity index (χ1v) is 7.20. The molecule has 0 heterocycles. The molecule has 0 N–H and O–H groups in total. The molecule has 0 fully saturated rings. The van der Waals surface area contributed by atoms with E-state index in [4.69, 9.17) is 8.85 Å². The van der Waals surface area contributed by atoms with Gasteiger partial charge in [0.25, 0.3) is 23.9 Å². The van der Waals surface area contributed by atoms with Gasteiger partial charge in [-0.25, -0.2) is 0 Å². The summed E-state index contributed by atoms with van der Waals surface area (Å²) in [6.07, 6.45) is -0.137. The van der Waals surface area contributed by atoms with Crippen LogP contribution in [-0.2, 0) is 36.9 Å². The van der Waals surface area contributed by atoms with E-state index in [1.807, 2.05) is 0 Å². The van der Waals surface area contributed by atoms with E-state index < -0.39 is 32.9 Å². The summed E-state index contributed by atoms with van der Waals surface area (Å²) in [7, 11) is -4.49. The second-order valence-corrected chi connectivity index (χ2v) is 5.16. The second-order valence-electron chi connectivity index (χ2n) is 3.34. The minimum absolute atomic E-state index is 0.0685. The number of carbonyl (C=O) groups is 4. The van der Waals surface area contributed by atoms with E-state index in [0.717, 1.165) is 13.8 Å². The van der Waals surface area contributed by atoms with Crippen molar-refractivity contribution >= 4 is 32.9 Å². The summed E-state index contributed by atoms with van der Waals surface area (Å²) < 4.78 is 18.8. The monoisotopic (exact) mass is 292 g/mol. The molecule has 0 aromatic carbocycles. The summed E-state index contributed by atoms with van der Waals surface area (Å²) >= 11 is 0. The van der Waals surface area contributed by atoms with Crippen molar-refractivity contribution in [2.24, 2.45) is 0 Å². The molecule has 0 aliphatic rings. The van der Waals surface area contributed by atoms with Gasteiger partial charge in [-0.05, 0) is 0 Å². The fourth-order valence-corrected chi connectivity index (χ4v) is 2.70. The van der Waals surface area contributed by atoms with Gasteiger partial charge in [0.15, 0.2) is 0 Å². The van der Waals surface area contributed by atoms with Crippen molar-refractivity contribution in [3.8, 4) is 0 Å². The normalized spacial score (nSPS) is 10.3. The van der Waals surface area contributed by atoms with Gasteiger partial charge in [0.2, 0.25) is 0 Å². The third kappa shape index (κ3) is 6.55. The van der Waals surface area contributed by atoms with Crippen LogP contribution in [0.2, 0.25) is 0 Å².